The fourth-order valence-corrected chi connectivity index (χ4v) is 1.57. The molecule has 0 unspecified atom stereocenters. The highest BCUT2D eigenvalue weighted by Crippen LogP contribution is 2.31. The molecule has 0 aliphatic rings. The van der Waals surface area contributed by atoms with Gasteiger partial charge in [0.25, 0.3) is 0 Å². The molecule has 1 aromatic heterocycles. The van der Waals surface area contributed by atoms with Gasteiger partial charge in [0, 0.05) is 11.1 Å². The van der Waals surface area contributed by atoms with E-state index >= 15 is 0 Å². The zero-order chi connectivity index (χ0) is 15.3. The second kappa shape index (κ2) is 6.44. The number of carbonyl (C=O) groups is 1. The number of esters is 1. The Hall–Kier alpha value is -1.99. The molecule has 112 valence electrons. The fraction of sp³-hybridized carbons (Fsp3) is 0.500. The molecule has 0 amide bonds. The number of hydrogen-bond acceptors (Lipinski definition) is 5. The number of halogens is 3. The molecule has 8 heteroatoms. The highest BCUT2D eigenvalue weighted by atomic mass is 19.4. The highest BCUT2D eigenvalue weighted by Gasteiger charge is 2.33. The first-order chi connectivity index (χ1) is 9.28. The first-order valence-corrected chi connectivity index (χ1v) is 5.72. The third-order valence-electron chi connectivity index (χ3n) is 2.43. The van der Waals surface area contributed by atoms with Gasteiger partial charge >= 0.3 is 12.3 Å². The molecule has 20 heavy (non-hydrogen) atoms. The minimum absolute atomic E-state index is 0.0785. The van der Waals surface area contributed by atoms with Gasteiger partial charge in [-0.2, -0.15) is 0 Å². The van der Waals surface area contributed by atoms with Crippen molar-refractivity contribution in [3.8, 4) is 11.6 Å². The number of methoxy groups -OCH3 is 1. The van der Waals surface area contributed by atoms with E-state index in [2.05, 4.69) is 9.72 Å². The Morgan fingerprint density at radius 1 is 1.40 bits per heavy atom. The number of aromatic nitrogens is 1. The molecule has 0 aromatic carbocycles. The van der Waals surface area contributed by atoms with Crippen molar-refractivity contribution in [2.24, 2.45) is 0 Å². The second-order valence-corrected chi connectivity index (χ2v) is 3.76. The van der Waals surface area contributed by atoms with Gasteiger partial charge < -0.3 is 14.2 Å². The van der Waals surface area contributed by atoms with E-state index < -0.39 is 18.2 Å². The van der Waals surface area contributed by atoms with Crippen molar-refractivity contribution in [2.75, 3.05) is 13.7 Å². The monoisotopic (exact) mass is 293 g/mol. The first-order valence-electron chi connectivity index (χ1n) is 5.72. The van der Waals surface area contributed by atoms with Gasteiger partial charge in [-0.3, -0.25) is 4.79 Å². The molecule has 0 bridgehead atoms. The van der Waals surface area contributed by atoms with Crippen LogP contribution in [0.25, 0.3) is 0 Å². The number of alkyl halides is 3. The van der Waals surface area contributed by atoms with Crippen LogP contribution in [-0.2, 0) is 16.0 Å². The van der Waals surface area contributed by atoms with Crippen LogP contribution in [0.1, 0.15) is 18.1 Å². The molecular formula is C12H14F3NO4. The van der Waals surface area contributed by atoms with Crippen LogP contribution in [0.2, 0.25) is 0 Å². The molecule has 5 nitrogen and oxygen atoms in total. The maximum absolute atomic E-state index is 12.2. The predicted octanol–water partition coefficient (Wildman–Crippen LogP) is 2.40. The largest absolute Gasteiger partial charge is 0.574 e. The van der Waals surface area contributed by atoms with Crippen LogP contribution in [0.4, 0.5) is 13.2 Å². The maximum Gasteiger partial charge on any atom is 0.574 e. The van der Waals surface area contributed by atoms with E-state index in [1.54, 1.807) is 6.92 Å². The van der Waals surface area contributed by atoms with E-state index in [-0.39, 0.29) is 29.9 Å². The summed E-state index contributed by atoms with van der Waals surface area (Å²) in [7, 11) is 1.33. The van der Waals surface area contributed by atoms with E-state index in [4.69, 9.17) is 9.47 Å². The number of ether oxygens (including phenoxy) is 3. The number of pyridine rings is 1. The Labute approximate surface area is 113 Å². The van der Waals surface area contributed by atoms with Gasteiger partial charge in [-0.05, 0) is 13.8 Å². The summed E-state index contributed by atoms with van der Waals surface area (Å²) in [4.78, 5) is 15.0. The second-order valence-electron chi connectivity index (χ2n) is 3.76. The topological polar surface area (TPSA) is 57.7 Å². The molecule has 1 heterocycles. The lowest BCUT2D eigenvalue weighted by atomic mass is 10.1. The summed E-state index contributed by atoms with van der Waals surface area (Å²) in [5, 5.41) is 0. The highest BCUT2D eigenvalue weighted by molar-refractivity contribution is 5.74. The molecule has 0 aliphatic heterocycles. The van der Waals surface area contributed by atoms with E-state index in [0.29, 0.717) is 0 Å². The molecule has 0 saturated carbocycles. The Bertz CT molecular complexity index is 488. The van der Waals surface area contributed by atoms with Crippen molar-refractivity contribution in [3.63, 3.8) is 0 Å². The number of nitrogens with zero attached hydrogens (tertiary/aromatic N) is 1. The van der Waals surface area contributed by atoms with Gasteiger partial charge in [0.2, 0.25) is 5.88 Å². The summed E-state index contributed by atoms with van der Waals surface area (Å²) in [6, 6.07) is 0. The maximum atomic E-state index is 12.2. The molecule has 0 saturated heterocycles. The number of hydrogen-bond donors (Lipinski definition) is 0. The molecule has 0 N–H and O–H groups in total. The first kappa shape index (κ1) is 16.1. The van der Waals surface area contributed by atoms with Gasteiger partial charge in [0.15, 0.2) is 0 Å². The van der Waals surface area contributed by atoms with E-state index in [1.165, 1.54) is 14.0 Å². The van der Waals surface area contributed by atoms with Gasteiger partial charge in [-0.25, -0.2) is 4.98 Å². The molecular weight excluding hydrogens is 279 g/mol. The Morgan fingerprint density at radius 2 is 2.05 bits per heavy atom. The zero-order valence-corrected chi connectivity index (χ0v) is 11.2. The van der Waals surface area contributed by atoms with Crippen LogP contribution in [0.15, 0.2) is 6.20 Å². The fourth-order valence-electron chi connectivity index (χ4n) is 1.57. The lowest BCUT2D eigenvalue weighted by molar-refractivity contribution is -0.276. The molecule has 0 spiro atoms. The van der Waals surface area contributed by atoms with Gasteiger partial charge in [-0.1, -0.05) is 0 Å². The normalized spacial score (nSPS) is 11.1. The summed E-state index contributed by atoms with van der Waals surface area (Å²) in [5.41, 5.74) is 0.329. The SMILES string of the molecule is CCOC(=O)Cc1c(OC)cnc(OC(F)(F)F)c1C. The summed E-state index contributed by atoms with van der Waals surface area (Å²) in [6.45, 7) is 3.18. The summed E-state index contributed by atoms with van der Waals surface area (Å²) in [6.07, 6.45) is -4.00. The summed E-state index contributed by atoms with van der Waals surface area (Å²) < 4.78 is 50.2. The summed E-state index contributed by atoms with van der Waals surface area (Å²) >= 11 is 0. The summed E-state index contributed by atoms with van der Waals surface area (Å²) in [5.74, 6) is -0.985. The van der Waals surface area contributed by atoms with E-state index in [1.807, 2.05) is 0 Å². The third-order valence-corrected chi connectivity index (χ3v) is 2.43. The van der Waals surface area contributed by atoms with Crippen molar-refractivity contribution in [3.05, 3.63) is 17.3 Å². The van der Waals surface area contributed by atoms with E-state index in [9.17, 15) is 18.0 Å². The Morgan fingerprint density at radius 3 is 2.55 bits per heavy atom. The number of carbonyl (C=O) groups excluding carboxylic acids is 1. The smallest absolute Gasteiger partial charge is 0.495 e. The Kier molecular flexibility index (Phi) is 5.18. The van der Waals surface area contributed by atoms with Crippen molar-refractivity contribution in [1.29, 1.82) is 0 Å². The van der Waals surface area contributed by atoms with Crippen LogP contribution in [0.5, 0.6) is 11.6 Å². The van der Waals surface area contributed by atoms with Crippen LogP contribution in [0, 0.1) is 6.92 Å². The quantitative estimate of drug-likeness (QED) is 0.780. The van der Waals surface area contributed by atoms with Crippen LogP contribution < -0.4 is 9.47 Å². The van der Waals surface area contributed by atoms with E-state index in [0.717, 1.165) is 6.20 Å². The average molecular weight is 293 g/mol. The molecule has 0 atom stereocenters. The molecule has 0 fully saturated rings. The van der Waals surface area contributed by atoms with Crippen LogP contribution in [0.3, 0.4) is 0 Å². The number of rotatable bonds is 5. The Balaban J connectivity index is 3.12. The molecule has 0 radical (unpaired) electrons. The van der Waals surface area contributed by atoms with Gasteiger partial charge in [0.05, 0.1) is 26.3 Å². The van der Waals surface area contributed by atoms with Crippen LogP contribution in [-0.4, -0.2) is 31.0 Å². The van der Waals surface area contributed by atoms with Crippen molar-refractivity contribution in [2.45, 2.75) is 26.6 Å². The minimum Gasteiger partial charge on any atom is -0.495 e. The van der Waals surface area contributed by atoms with Crippen molar-refractivity contribution < 1.29 is 32.2 Å². The standard InChI is InChI=1S/C12H14F3NO4/c1-4-19-10(17)5-8-7(2)11(20-12(13,14)15)16-6-9(8)18-3/h6H,4-5H2,1-3H3. The molecule has 1 aromatic rings. The lowest BCUT2D eigenvalue weighted by Crippen LogP contribution is -2.19. The average Bonchev–Trinajstić information content (AvgIpc) is 2.33. The van der Waals surface area contributed by atoms with Crippen LogP contribution >= 0.6 is 0 Å². The third kappa shape index (κ3) is 4.29. The van der Waals surface area contributed by atoms with Gasteiger partial charge in [0.1, 0.15) is 5.75 Å². The van der Waals surface area contributed by atoms with Crippen molar-refractivity contribution in [1.82, 2.24) is 4.98 Å². The predicted molar refractivity (Wildman–Crippen MR) is 62.5 cm³/mol. The lowest BCUT2D eigenvalue weighted by Gasteiger charge is -2.15. The van der Waals surface area contributed by atoms with Gasteiger partial charge in [-0.15, -0.1) is 13.2 Å². The van der Waals surface area contributed by atoms with Crippen molar-refractivity contribution >= 4 is 5.97 Å². The molecule has 0 aliphatic carbocycles. The zero-order valence-electron chi connectivity index (χ0n) is 11.2. The minimum atomic E-state index is -4.85. The molecule has 1 rings (SSSR count).